The number of carboxylic acids is 1. The van der Waals surface area contributed by atoms with Gasteiger partial charge in [0.05, 0.1) is 34.4 Å². The highest BCUT2D eigenvalue weighted by molar-refractivity contribution is 5.71. The summed E-state index contributed by atoms with van der Waals surface area (Å²) < 4.78 is 22.9. The molecule has 0 aromatic heterocycles. The maximum Gasteiger partial charge on any atom is 0.361 e. The Morgan fingerprint density at radius 1 is 0.419 bits per heavy atom. The van der Waals surface area contributed by atoms with E-state index in [1.807, 2.05) is 21.1 Å². The summed E-state index contributed by atoms with van der Waals surface area (Å²) >= 11 is 0. The van der Waals surface area contributed by atoms with Gasteiger partial charge >= 0.3 is 17.9 Å². The third-order valence-corrected chi connectivity index (χ3v) is 12.6. The Kier molecular flexibility index (Phi) is 52.6. The number of aliphatic carboxylic acids is 1. The molecule has 0 heterocycles. The van der Waals surface area contributed by atoms with Crippen molar-refractivity contribution in [2.45, 2.75) is 251 Å². The maximum absolute atomic E-state index is 12.9. The number of esters is 2. The van der Waals surface area contributed by atoms with E-state index in [-0.39, 0.29) is 38.6 Å². The van der Waals surface area contributed by atoms with Gasteiger partial charge in [-0.15, -0.1) is 0 Å². The maximum atomic E-state index is 12.9. The first-order valence-electron chi connectivity index (χ1n) is 29.9. The number of allylic oxidation sites excluding steroid dienone is 16. The molecule has 0 fully saturated rings. The number of unbranched alkanes of at least 4 members (excludes halogenated alkanes) is 23. The average molecular weight is 1040 g/mol. The molecule has 0 aliphatic rings. The van der Waals surface area contributed by atoms with Crippen molar-refractivity contribution in [1.82, 2.24) is 0 Å². The van der Waals surface area contributed by atoms with E-state index < -0.39 is 24.3 Å². The summed E-state index contributed by atoms with van der Waals surface area (Å²) in [4.78, 5) is 37.4. The number of ether oxygens (including phenoxy) is 4. The van der Waals surface area contributed by atoms with Crippen LogP contribution >= 0.6 is 0 Å². The lowest BCUT2D eigenvalue weighted by atomic mass is 10.0. The number of hydrogen-bond donors (Lipinski definition) is 1. The van der Waals surface area contributed by atoms with Gasteiger partial charge in [0, 0.05) is 12.8 Å². The normalized spacial score (nSPS) is 13.5. The molecule has 0 rings (SSSR count). The number of carbonyl (C=O) groups is 3. The Morgan fingerprint density at radius 3 is 1.15 bits per heavy atom. The monoisotopic (exact) mass is 1030 g/mol. The van der Waals surface area contributed by atoms with Gasteiger partial charge < -0.3 is 28.5 Å². The number of carboxylic acid groups (broad SMARTS) is 1. The Hall–Kier alpha value is -3.79. The molecule has 0 aliphatic carbocycles. The molecule has 2 unspecified atom stereocenters. The number of carbonyl (C=O) groups excluding carboxylic acids is 2. The Morgan fingerprint density at radius 2 is 0.770 bits per heavy atom. The fourth-order valence-electron chi connectivity index (χ4n) is 7.99. The lowest BCUT2D eigenvalue weighted by molar-refractivity contribution is -0.870. The summed E-state index contributed by atoms with van der Waals surface area (Å²) in [5, 5.41) is 9.71. The highest BCUT2D eigenvalue weighted by Gasteiger charge is 2.25. The van der Waals surface area contributed by atoms with Crippen LogP contribution in [0.5, 0.6) is 0 Å². The van der Waals surface area contributed by atoms with Gasteiger partial charge in [0.25, 0.3) is 6.29 Å². The molecule has 9 nitrogen and oxygen atoms in total. The highest BCUT2D eigenvalue weighted by Crippen LogP contribution is 2.15. The molecular weight excluding hydrogens is 923 g/mol. The minimum atomic E-state index is -1.52. The summed E-state index contributed by atoms with van der Waals surface area (Å²) in [5.41, 5.74) is 0. The van der Waals surface area contributed by atoms with Crippen LogP contribution in [-0.4, -0.2) is 87.4 Å². The molecule has 0 saturated heterocycles. The number of likely N-dealkylation sites (N-methyl/N-ethyl adjacent to an activating group) is 1. The van der Waals surface area contributed by atoms with Gasteiger partial charge in [-0.1, -0.05) is 227 Å². The van der Waals surface area contributed by atoms with Gasteiger partial charge in [0.2, 0.25) is 0 Å². The highest BCUT2D eigenvalue weighted by atomic mass is 16.7. The summed E-state index contributed by atoms with van der Waals surface area (Å²) in [6.07, 6.45) is 72.0. The van der Waals surface area contributed by atoms with Crippen LogP contribution in [-0.2, 0) is 33.3 Å². The van der Waals surface area contributed by atoms with Crippen molar-refractivity contribution in [3.05, 3.63) is 97.2 Å². The topological polar surface area (TPSA) is 108 Å². The van der Waals surface area contributed by atoms with Gasteiger partial charge in [-0.3, -0.25) is 9.59 Å². The summed E-state index contributed by atoms with van der Waals surface area (Å²) in [5.74, 6) is -2.02. The second kappa shape index (κ2) is 55.4. The SMILES string of the molecule is CC/C=C\C/C=C\C/C=C\C/C=C\C/C=C\C/C=C\CCCCCCCCCCCCCCC(=O)OC(COC(=O)CCCCCCCCC/C=C\C/C=C\CCCCCC)COC(OCC[N+](C)(C)C)C(=O)O. The quantitative estimate of drug-likeness (QED) is 0.0211. The van der Waals surface area contributed by atoms with Crippen molar-refractivity contribution in [2.24, 2.45) is 0 Å². The molecule has 0 aromatic rings. The molecule has 9 heteroatoms. The van der Waals surface area contributed by atoms with Crippen molar-refractivity contribution in [3.8, 4) is 0 Å². The average Bonchev–Trinajstić information content (AvgIpc) is 3.37. The molecule has 1 N–H and O–H groups in total. The number of quaternary nitrogens is 1. The first-order chi connectivity index (χ1) is 36.1. The van der Waals surface area contributed by atoms with Crippen molar-refractivity contribution in [1.29, 1.82) is 0 Å². The second-order valence-electron chi connectivity index (χ2n) is 20.9. The number of rotatable bonds is 54. The first kappa shape index (κ1) is 70.2. The molecule has 0 radical (unpaired) electrons. The van der Waals surface area contributed by atoms with Crippen LogP contribution in [0.25, 0.3) is 0 Å². The minimum Gasteiger partial charge on any atom is -0.477 e. The molecule has 0 amide bonds. The zero-order valence-electron chi connectivity index (χ0n) is 48.2. The zero-order valence-corrected chi connectivity index (χ0v) is 48.2. The van der Waals surface area contributed by atoms with Gasteiger partial charge in [-0.05, 0) is 96.3 Å². The van der Waals surface area contributed by atoms with Crippen LogP contribution in [0.1, 0.15) is 239 Å². The van der Waals surface area contributed by atoms with E-state index in [4.69, 9.17) is 18.9 Å². The lowest BCUT2D eigenvalue weighted by Gasteiger charge is -2.25. The molecule has 0 spiro atoms. The van der Waals surface area contributed by atoms with Gasteiger partial charge in [0.1, 0.15) is 13.2 Å². The fraction of sp³-hybridized carbons (Fsp3) is 0.708. The minimum absolute atomic E-state index is 0.182. The Balaban J connectivity index is 4.22. The number of nitrogens with zero attached hydrogens (tertiary/aromatic N) is 1. The summed E-state index contributed by atoms with van der Waals surface area (Å²) in [6.45, 7) is 4.74. The largest absolute Gasteiger partial charge is 0.477 e. The third-order valence-electron chi connectivity index (χ3n) is 12.6. The predicted molar refractivity (Wildman–Crippen MR) is 313 cm³/mol. The molecular formula is C65H112NO8+. The molecule has 0 saturated carbocycles. The first-order valence-corrected chi connectivity index (χ1v) is 29.9. The molecule has 74 heavy (non-hydrogen) atoms. The van der Waals surface area contributed by atoms with Crippen molar-refractivity contribution in [3.63, 3.8) is 0 Å². The van der Waals surface area contributed by atoms with E-state index in [0.717, 1.165) is 96.3 Å². The van der Waals surface area contributed by atoms with Crippen LogP contribution in [0.2, 0.25) is 0 Å². The van der Waals surface area contributed by atoms with E-state index in [9.17, 15) is 19.5 Å². The van der Waals surface area contributed by atoms with Crippen molar-refractivity contribution >= 4 is 17.9 Å². The van der Waals surface area contributed by atoms with Gasteiger partial charge in [-0.2, -0.15) is 0 Å². The second-order valence-corrected chi connectivity index (χ2v) is 20.9. The molecule has 424 valence electrons. The van der Waals surface area contributed by atoms with Crippen LogP contribution in [0.15, 0.2) is 97.2 Å². The molecule has 0 bridgehead atoms. The lowest BCUT2D eigenvalue weighted by Crippen LogP contribution is -2.40. The van der Waals surface area contributed by atoms with Crippen molar-refractivity contribution in [2.75, 3.05) is 47.5 Å². The summed E-state index contributed by atoms with van der Waals surface area (Å²) in [7, 11) is 5.96. The zero-order chi connectivity index (χ0) is 54.1. The van der Waals surface area contributed by atoms with Crippen molar-refractivity contribution < 1.29 is 42.9 Å². The predicted octanol–water partition coefficient (Wildman–Crippen LogP) is 17.7. The van der Waals surface area contributed by atoms with E-state index >= 15 is 0 Å². The van der Waals surface area contributed by atoms with E-state index in [1.54, 1.807) is 0 Å². The molecule has 2 atom stereocenters. The molecule has 0 aliphatic heterocycles. The smallest absolute Gasteiger partial charge is 0.361 e. The number of hydrogen-bond acceptors (Lipinski definition) is 7. The van der Waals surface area contributed by atoms with Crippen LogP contribution in [0, 0.1) is 0 Å². The molecule has 0 aromatic carbocycles. The van der Waals surface area contributed by atoms with E-state index in [2.05, 4.69) is 111 Å². The van der Waals surface area contributed by atoms with Gasteiger partial charge in [0.15, 0.2) is 6.10 Å². The van der Waals surface area contributed by atoms with E-state index in [0.29, 0.717) is 17.4 Å². The third kappa shape index (κ3) is 55.9. The fourth-order valence-corrected chi connectivity index (χ4v) is 7.99. The Labute approximate surface area is 454 Å². The standard InChI is InChI=1S/C65H111NO8/c1-6-8-10-12-14-16-18-20-22-24-26-27-28-29-30-31-32-33-34-35-36-37-38-40-42-44-46-48-50-52-54-56-63(68)74-61(60-73-65(64(69)70)71-58-57-66(3,4)5)59-72-62(67)55-53-51-49-47-45-43-41-39-25-23-21-19-17-15-13-11-9-7-2/h8,10,14,16-17,19-20,22-23,25-27,29-30,32-33,61,65H,6-7,9,11-13,15,18,21,24,28,31,34-60H2,1-5H3/p+1/b10-8-,16-14-,19-17-,22-20-,25-23-,27-26-,30-29-,33-32-. The van der Waals surface area contributed by atoms with Crippen LogP contribution in [0.3, 0.4) is 0 Å². The van der Waals surface area contributed by atoms with Gasteiger partial charge in [-0.25, -0.2) is 4.79 Å². The van der Waals surface area contributed by atoms with Crippen LogP contribution in [0.4, 0.5) is 0 Å². The Bertz CT molecular complexity index is 1530. The van der Waals surface area contributed by atoms with E-state index in [1.165, 1.54) is 109 Å². The van der Waals surface area contributed by atoms with Crippen LogP contribution < -0.4 is 0 Å². The summed E-state index contributed by atoms with van der Waals surface area (Å²) in [6, 6.07) is 0.